The zero-order valence-electron chi connectivity index (χ0n) is 25.0. The molecule has 3 aromatic carbocycles. The van der Waals surface area contributed by atoms with Gasteiger partial charge < -0.3 is 24.8 Å². The molecule has 3 aromatic rings. The summed E-state index contributed by atoms with van der Waals surface area (Å²) in [7, 11) is 0. The molecule has 1 amide bonds. The first-order valence-corrected chi connectivity index (χ1v) is 14.7. The molecule has 1 fully saturated rings. The third kappa shape index (κ3) is 7.32. The molecule has 1 atom stereocenters. The molecule has 3 N–H and O–H groups in total. The molecule has 0 bridgehead atoms. The van der Waals surface area contributed by atoms with Gasteiger partial charge in [-0.3, -0.25) is 4.79 Å². The Hall–Kier alpha value is -4.12. The average molecular weight is 618 g/mol. The van der Waals surface area contributed by atoms with Crippen molar-refractivity contribution in [1.82, 2.24) is 0 Å². The number of carbonyl (C=O) groups excluding carboxylic acids is 1. The van der Waals surface area contributed by atoms with E-state index < -0.39 is 28.7 Å². The number of amides is 1. The molecule has 1 saturated heterocycles. The molecule has 4 rings (SSSR count). The van der Waals surface area contributed by atoms with Gasteiger partial charge in [-0.05, 0) is 68.3 Å². The molecule has 44 heavy (non-hydrogen) atoms. The zero-order chi connectivity index (χ0) is 32.1. The molecule has 11 heteroatoms. The van der Waals surface area contributed by atoms with Crippen molar-refractivity contribution in [2.24, 2.45) is 5.41 Å². The van der Waals surface area contributed by atoms with Gasteiger partial charge in [0.05, 0.1) is 36.4 Å². The van der Waals surface area contributed by atoms with Gasteiger partial charge in [0.2, 0.25) is 5.91 Å². The first-order chi connectivity index (χ1) is 20.9. The van der Waals surface area contributed by atoms with Gasteiger partial charge in [-0.1, -0.05) is 19.1 Å². The van der Waals surface area contributed by atoms with Gasteiger partial charge in [0.15, 0.2) is 0 Å². The SMILES string of the molecule is CCOc1cc(C[NH2+]CCC2(CC)CC(=O)N(c3ccc(C(=O)O)c(C(F)(F)F)c3)C2)cc(OCC)c1-c1ccc(F)cc1. The third-order valence-electron chi connectivity index (χ3n) is 8.04. The maximum absolute atomic E-state index is 13.6. The number of rotatable bonds is 13. The molecule has 0 aromatic heterocycles. The second kappa shape index (κ2) is 13.7. The molecule has 0 saturated carbocycles. The van der Waals surface area contributed by atoms with Gasteiger partial charge in [-0.2, -0.15) is 13.2 Å². The number of aromatic carboxylic acids is 1. The summed E-state index contributed by atoms with van der Waals surface area (Å²) < 4.78 is 66.3. The van der Waals surface area contributed by atoms with Crippen LogP contribution in [0.5, 0.6) is 11.5 Å². The molecule has 1 aliphatic rings. The van der Waals surface area contributed by atoms with Crippen molar-refractivity contribution in [3.05, 3.63) is 77.1 Å². The summed E-state index contributed by atoms with van der Waals surface area (Å²) in [4.78, 5) is 25.7. The van der Waals surface area contributed by atoms with Crippen LogP contribution in [0.2, 0.25) is 0 Å². The highest BCUT2D eigenvalue weighted by atomic mass is 19.4. The number of ether oxygens (including phenoxy) is 2. The predicted octanol–water partition coefficient (Wildman–Crippen LogP) is 6.29. The lowest BCUT2D eigenvalue weighted by atomic mass is 9.81. The van der Waals surface area contributed by atoms with Crippen molar-refractivity contribution in [3.63, 3.8) is 0 Å². The Kier molecular flexibility index (Phi) is 10.2. The highest BCUT2D eigenvalue weighted by Crippen LogP contribution is 2.42. The van der Waals surface area contributed by atoms with Gasteiger partial charge in [-0.15, -0.1) is 0 Å². The van der Waals surface area contributed by atoms with E-state index in [1.165, 1.54) is 23.1 Å². The normalized spacial score (nSPS) is 16.8. The van der Waals surface area contributed by atoms with Gasteiger partial charge in [0.1, 0.15) is 23.9 Å². The van der Waals surface area contributed by atoms with Crippen LogP contribution in [0.25, 0.3) is 11.1 Å². The highest BCUT2D eigenvalue weighted by Gasteiger charge is 2.43. The van der Waals surface area contributed by atoms with Crippen molar-refractivity contribution in [1.29, 1.82) is 0 Å². The molecular formula is C33H37F4N2O5+. The Morgan fingerprint density at radius 1 is 1.00 bits per heavy atom. The van der Waals surface area contributed by atoms with Crippen LogP contribution in [0.1, 0.15) is 61.5 Å². The molecule has 1 aliphatic heterocycles. The highest BCUT2D eigenvalue weighted by molar-refractivity contribution is 5.97. The standard InChI is InChI=1S/C33H36F4N2O5/c1-4-32(18-29(40)39(20-32)24-11-12-25(31(41)42)26(17-24)33(35,36)37)13-14-38-19-21-15-27(43-5-2)30(28(16-21)44-6-3)22-7-9-23(34)10-8-22/h7-12,15-17,38H,4-6,13-14,18-20H2,1-3H3,(H,41,42)/p+1. The van der Waals surface area contributed by atoms with Crippen LogP contribution in [0, 0.1) is 11.2 Å². The van der Waals surface area contributed by atoms with E-state index in [2.05, 4.69) is 5.32 Å². The van der Waals surface area contributed by atoms with Crippen LogP contribution < -0.4 is 19.7 Å². The van der Waals surface area contributed by atoms with Gasteiger partial charge in [0, 0.05) is 36.1 Å². The van der Waals surface area contributed by atoms with Crippen LogP contribution in [0.15, 0.2) is 54.6 Å². The number of hydrogen-bond donors (Lipinski definition) is 2. The third-order valence-corrected chi connectivity index (χ3v) is 8.04. The van der Waals surface area contributed by atoms with Crippen molar-refractivity contribution in [2.75, 3.05) is 31.2 Å². The second-order valence-corrected chi connectivity index (χ2v) is 10.9. The van der Waals surface area contributed by atoms with E-state index in [0.717, 1.165) is 28.8 Å². The van der Waals surface area contributed by atoms with E-state index in [1.807, 2.05) is 32.9 Å². The Morgan fingerprint density at radius 3 is 2.18 bits per heavy atom. The van der Waals surface area contributed by atoms with Gasteiger partial charge in [0.25, 0.3) is 0 Å². The van der Waals surface area contributed by atoms with Crippen LogP contribution in [-0.2, 0) is 17.5 Å². The number of quaternary nitrogens is 1. The van der Waals surface area contributed by atoms with Crippen molar-refractivity contribution < 1.29 is 47.0 Å². The van der Waals surface area contributed by atoms with Crippen molar-refractivity contribution >= 4 is 17.6 Å². The lowest BCUT2D eigenvalue weighted by molar-refractivity contribution is -0.672. The van der Waals surface area contributed by atoms with Crippen LogP contribution in [0.4, 0.5) is 23.2 Å². The van der Waals surface area contributed by atoms with E-state index in [9.17, 15) is 32.3 Å². The summed E-state index contributed by atoms with van der Waals surface area (Å²) >= 11 is 0. The lowest BCUT2D eigenvalue weighted by Gasteiger charge is -2.27. The first-order valence-electron chi connectivity index (χ1n) is 14.7. The maximum atomic E-state index is 13.6. The van der Waals surface area contributed by atoms with E-state index in [-0.39, 0.29) is 30.4 Å². The summed E-state index contributed by atoms with van der Waals surface area (Å²) in [6.07, 6.45) is -3.38. The fourth-order valence-corrected chi connectivity index (χ4v) is 5.71. The Bertz CT molecular complexity index is 1470. The molecule has 0 radical (unpaired) electrons. The Morgan fingerprint density at radius 2 is 1.64 bits per heavy atom. The molecule has 236 valence electrons. The monoisotopic (exact) mass is 617 g/mol. The smallest absolute Gasteiger partial charge is 0.417 e. The molecular weight excluding hydrogens is 580 g/mol. The van der Waals surface area contributed by atoms with Crippen LogP contribution in [-0.4, -0.2) is 43.3 Å². The van der Waals surface area contributed by atoms with E-state index in [4.69, 9.17) is 9.47 Å². The summed E-state index contributed by atoms with van der Waals surface area (Å²) in [5, 5.41) is 11.3. The van der Waals surface area contributed by atoms with Crippen LogP contribution >= 0.6 is 0 Å². The number of carboxylic acids is 1. The molecule has 7 nitrogen and oxygen atoms in total. The summed E-state index contributed by atoms with van der Waals surface area (Å²) in [6.45, 7) is 8.08. The fourth-order valence-electron chi connectivity index (χ4n) is 5.71. The number of nitrogens with two attached hydrogens (primary N) is 1. The number of benzene rings is 3. The minimum atomic E-state index is -4.87. The second-order valence-electron chi connectivity index (χ2n) is 10.9. The number of alkyl halides is 3. The van der Waals surface area contributed by atoms with Crippen molar-refractivity contribution in [2.45, 2.75) is 52.8 Å². The number of anilines is 1. The number of nitrogens with zero attached hydrogens (tertiary/aromatic N) is 1. The van der Waals surface area contributed by atoms with Gasteiger partial charge in [-0.25, -0.2) is 9.18 Å². The van der Waals surface area contributed by atoms with E-state index in [0.29, 0.717) is 50.6 Å². The predicted molar refractivity (Wildman–Crippen MR) is 157 cm³/mol. The molecule has 0 aliphatic carbocycles. The summed E-state index contributed by atoms with van der Waals surface area (Å²) in [5.41, 5.74) is -0.0472. The molecule has 1 unspecified atom stereocenters. The number of hydrogen-bond acceptors (Lipinski definition) is 4. The summed E-state index contributed by atoms with van der Waals surface area (Å²) in [5.74, 6) is -1.05. The quantitative estimate of drug-likeness (QED) is 0.174. The Balaban J connectivity index is 1.48. The fraction of sp³-hybridized carbons (Fsp3) is 0.394. The molecule has 0 spiro atoms. The first kappa shape index (κ1) is 32.8. The minimum Gasteiger partial charge on any atom is -0.493 e. The summed E-state index contributed by atoms with van der Waals surface area (Å²) in [6, 6.07) is 12.9. The van der Waals surface area contributed by atoms with E-state index >= 15 is 0 Å². The lowest BCUT2D eigenvalue weighted by Crippen LogP contribution is -2.83. The Labute approximate surface area is 253 Å². The van der Waals surface area contributed by atoms with Crippen LogP contribution in [0.3, 0.4) is 0 Å². The zero-order valence-corrected chi connectivity index (χ0v) is 25.0. The number of halogens is 4. The van der Waals surface area contributed by atoms with E-state index in [1.54, 1.807) is 12.1 Å². The number of carbonyl (C=O) groups is 2. The molecule has 1 heterocycles. The average Bonchev–Trinajstić information content (AvgIpc) is 3.32. The van der Waals surface area contributed by atoms with Crippen molar-refractivity contribution in [3.8, 4) is 22.6 Å². The minimum absolute atomic E-state index is 0.0415. The largest absolute Gasteiger partial charge is 0.493 e. The topological polar surface area (TPSA) is 92.7 Å². The van der Waals surface area contributed by atoms with Gasteiger partial charge >= 0.3 is 12.1 Å². The number of carboxylic acid groups (broad SMARTS) is 1. The maximum Gasteiger partial charge on any atom is 0.417 e.